The largest absolute Gasteiger partial charge is 0.456 e. The zero-order chi connectivity index (χ0) is 34.3. The molecule has 0 bridgehead atoms. The molecule has 8 nitrogen and oxygen atoms in total. The van der Waals surface area contributed by atoms with Gasteiger partial charge in [0.15, 0.2) is 23.1 Å². The van der Waals surface area contributed by atoms with Gasteiger partial charge in [-0.2, -0.15) is 0 Å². The molecule has 0 spiro atoms. The molecule has 0 N–H and O–H groups in total. The lowest BCUT2D eigenvalue weighted by Gasteiger charge is -2.09. The van der Waals surface area contributed by atoms with Crippen LogP contribution in [0.2, 0.25) is 5.28 Å². The molecule has 9 heteroatoms. The van der Waals surface area contributed by atoms with Crippen molar-refractivity contribution in [3.63, 3.8) is 0 Å². The fourth-order valence-electron chi connectivity index (χ4n) is 7.18. The lowest BCUT2D eigenvalue weighted by Crippen LogP contribution is -2.00. The van der Waals surface area contributed by atoms with Crippen molar-refractivity contribution in [3.8, 4) is 45.4 Å². The van der Waals surface area contributed by atoms with Crippen LogP contribution in [0.5, 0.6) is 0 Å². The molecule has 52 heavy (non-hydrogen) atoms. The predicted octanol–water partition coefficient (Wildman–Crippen LogP) is 11.7. The molecule has 0 aliphatic heterocycles. The van der Waals surface area contributed by atoms with E-state index in [0.29, 0.717) is 51.0 Å². The van der Waals surface area contributed by atoms with Crippen molar-refractivity contribution in [3.05, 3.63) is 139 Å². The molecule has 0 aliphatic rings. The van der Waals surface area contributed by atoms with Gasteiger partial charge in [0.2, 0.25) is 5.28 Å². The van der Waals surface area contributed by atoms with E-state index in [0.717, 1.165) is 60.4 Å². The van der Waals surface area contributed by atoms with Gasteiger partial charge >= 0.3 is 0 Å². The van der Waals surface area contributed by atoms with Crippen molar-refractivity contribution in [1.82, 2.24) is 24.9 Å². The summed E-state index contributed by atoms with van der Waals surface area (Å²) in [7, 11) is 0. The van der Waals surface area contributed by atoms with Crippen LogP contribution in [0.25, 0.3) is 111 Å². The lowest BCUT2D eigenvalue weighted by molar-refractivity contribution is 0.666. The monoisotopic (exact) mass is 691 g/mol. The van der Waals surface area contributed by atoms with Gasteiger partial charge in [0, 0.05) is 43.6 Å². The maximum absolute atomic E-state index is 6.51. The Morgan fingerprint density at radius 2 is 1.06 bits per heavy atom. The Morgan fingerprint density at radius 3 is 1.92 bits per heavy atom. The molecule has 11 aromatic rings. The van der Waals surface area contributed by atoms with Gasteiger partial charge in [0.05, 0.1) is 5.56 Å². The zero-order valence-corrected chi connectivity index (χ0v) is 27.8. The van der Waals surface area contributed by atoms with Gasteiger partial charge in [-0.1, -0.05) is 91.0 Å². The molecule has 0 aliphatic carbocycles. The van der Waals surface area contributed by atoms with Crippen molar-refractivity contribution < 1.29 is 13.3 Å². The summed E-state index contributed by atoms with van der Waals surface area (Å²) in [6, 6.07) is 43.7. The lowest BCUT2D eigenvalue weighted by atomic mass is 10.0. The Balaban J connectivity index is 1.12. The molecule has 244 valence electrons. The molecule has 0 radical (unpaired) electrons. The van der Waals surface area contributed by atoms with E-state index in [9.17, 15) is 0 Å². The second-order valence-corrected chi connectivity index (χ2v) is 12.9. The highest BCUT2D eigenvalue weighted by Gasteiger charge is 2.22. The van der Waals surface area contributed by atoms with Gasteiger partial charge in [-0.05, 0) is 54.1 Å². The van der Waals surface area contributed by atoms with Gasteiger partial charge in [-0.25, -0.2) is 24.9 Å². The summed E-state index contributed by atoms with van der Waals surface area (Å²) in [5, 5.41) is 4.84. The van der Waals surface area contributed by atoms with Crippen LogP contribution in [-0.2, 0) is 0 Å². The summed E-state index contributed by atoms with van der Waals surface area (Å²) < 4.78 is 19.1. The topological polar surface area (TPSA) is 104 Å². The number of para-hydroxylation sites is 3. The minimum atomic E-state index is 0.138. The number of nitrogens with zero attached hydrogens (tertiary/aromatic N) is 5. The number of benzene rings is 6. The van der Waals surface area contributed by atoms with Crippen LogP contribution in [0, 0.1) is 0 Å². The SMILES string of the molecule is Clc1nc(-c2ccc3c(c2)oc2cccc(-c4nc(-c5ccccc5)nc(-c5cccc6c5oc5ccccc56)n4)c23)c2oc3ccccc3c2n1. The van der Waals surface area contributed by atoms with Gasteiger partial charge in [0.1, 0.15) is 39.1 Å². The maximum Gasteiger partial charge on any atom is 0.223 e. The van der Waals surface area contributed by atoms with E-state index in [1.54, 1.807) is 0 Å². The van der Waals surface area contributed by atoms with Gasteiger partial charge in [-0.15, -0.1) is 0 Å². The van der Waals surface area contributed by atoms with Crippen LogP contribution in [0.15, 0.2) is 147 Å². The Hall–Kier alpha value is -6.90. The summed E-state index contributed by atoms with van der Waals surface area (Å²) in [5.41, 5.74) is 8.68. The molecule has 11 rings (SSSR count). The predicted molar refractivity (Wildman–Crippen MR) is 204 cm³/mol. The van der Waals surface area contributed by atoms with Crippen LogP contribution in [-0.4, -0.2) is 24.9 Å². The Kier molecular flexibility index (Phi) is 6.14. The molecular weight excluding hydrogens is 670 g/mol. The average Bonchev–Trinajstić information content (AvgIpc) is 3.89. The second-order valence-electron chi connectivity index (χ2n) is 12.6. The van der Waals surface area contributed by atoms with E-state index in [4.69, 9.17) is 39.8 Å². The molecular formula is C43H22ClN5O3. The van der Waals surface area contributed by atoms with Crippen LogP contribution in [0.4, 0.5) is 0 Å². The fraction of sp³-hybridized carbons (Fsp3) is 0. The molecule has 6 aromatic carbocycles. The summed E-state index contributed by atoms with van der Waals surface area (Å²) in [4.78, 5) is 24.3. The number of halogens is 1. The number of hydrogen-bond acceptors (Lipinski definition) is 8. The zero-order valence-electron chi connectivity index (χ0n) is 27.0. The summed E-state index contributed by atoms with van der Waals surface area (Å²) >= 11 is 6.46. The number of rotatable bonds is 4. The molecule has 5 aromatic heterocycles. The average molecular weight is 692 g/mol. The molecule has 0 fully saturated rings. The van der Waals surface area contributed by atoms with Crippen LogP contribution >= 0.6 is 11.6 Å². The normalized spacial score (nSPS) is 11.9. The molecule has 0 saturated heterocycles. The van der Waals surface area contributed by atoms with Crippen molar-refractivity contribution in [1.29, 1.82) is 0 Å². The summed E-state index contributed by atoms with van der Waals surface area (Å²) in [5.74, 6) is 1.58. The van der Waals surface area contributed by atoms with Gasteiger partial charge < -0.3 is 13.3 Å². The standard InChI is InChI=1S/C43H22ClN5O3/c44-43-45-36(39-37(46-43)28-13-5-7-18-32(28)52-39)24-20-21-27-34(22-24)50-33-19-9-15-29(35(27)33)41-47-40(23-10-2-1-3-11-23)48-42(49-41)30-16-8-14-26-25-12-4-6-17-31(25)51-38(26)30/h1-22H. The number of fused-ring (bicyclic) bond motifs is 9. The first kappa shape index (κ1) is 28.9. The second kappa shape index (κ2) is 11.1. The van der Waals surface area contributed by atoms with Gasteiger partial charge in [-0.3, -0.25) is 0 Å². The van der Waals surface area contributed by atoms with Crippen LogP contribution in [0.1, 0.15) is 0 Å². The van der Waals surface area contributed by atoms with Crippen molar-refractivity contribution in [2.75, 3.05) is 0 Å². The van der Waals surface area contributed by atoms with Gasteiger partial charge in [0.25, 0.3) is 0 Å². The first-order valence-corrected chi connectivity index (χ1v) is 17.1. The number of furan rings is 3. The Bertz CT molecular complexity index is 3220. The highest BCUT2D eigenvalue weighted by Crippen LogP contribution is 2.41. The Labute approximate surface area is 299 Å². The van der Waals surface area contributed by atoms with E-state index in [2.05, 4.69) is 22.1 Å². The quantitative estimate of drug-likeness (QED) is 0.168. The van der Waals surface area contributed by atoms with E-state index in [1.165, 1.54) is 0 Å². The maximum atomic E-state index is 6.51. The van der Waals surface area contributed by atoms with Crippen molar-refractivity contribution >= 4 is 77.5 Å². The smallest absolute Gasteiger partial charge is 0.223 e. The van der Waals surface area contributed by atoms with Crippen LogP contribution < -0.4 is 0 Å². The first-order chi connectivity index (χ1) is 25.7. The van der Waals surface area contributed by atoms with Crippen molar-refractivity contribution in [2.45, 2.75) is 0 Å². The fourth-order valence-corrected chi connectivity index (χ4v) is 7.34. The minimum Gasteiger partial charge on any atom is -0.456 e. The number of aromatic nitrogens is 5. The van der Waals surface area contributed by atoms with E-state index in [-0.39, 0.29) is 5.28 Å². The third kappa shape index (κ3) is 4.38. The summed E-state index contributed by atoms with van der Waals surface area (Å²) in [6.07, 6.45) is 0. The molecule has 5 heterocycles. The number of hydrogen-bond donors (Lipinski definition) is 0. The highest BCUT2D eigenvalue weighted by atomic mass is 35.5. The van der Waals surface area contributed by atoms with E-state index in [1.807, 2.05) is 121 Å². The molecule has 0 saturated carbocycles. The third-order valence-corrected chi connectivity index (χ3v) is 9.69. The Morgan fingerprint density at radius 1 is 0.404 bits per heavy atom. The summed E-state index contributed by atoms with van der Waals surface area (Å²) in [6.45, 7) is 0. The van der Waals surface area contributed by atoms with Crippen molar-refractivity contribution in [2.24, 2.45) is 0 Å². The van der Waals surface area contributed by atoms with Crippen LogP contribution in [0.3, 0.4) is 0 Å². The van der Waals surface area contributed by atoms with E-state index >= 15 is 0 Å². The molecule has 0 amide bonds. The minimum absolute atomic E-state index is 0.138. The highest BCUT2D eigenvalue weighted by molar-refractivity contribution is 6.29. The third-order valence-electron chi connectivity index (χ3n) is 9.52. The van der Waals surface area contributed by atoms with E-state index < -0.39 is 0 Å². The molecule has 0 atom stereocenters. The molecule has 0 unspecified atom stereocenters. The first-order valence-electron chi connectivity index (χ1n) is 16.7.